The second kappa shape index (κ2) is 13.5. The highest BCUT2D eigenvalue weighted by Crippen LogP contribution is 2.30. The molecule has 0 aromatic heterocycles. The highest BCUT2D eigenvalue weighted by molar-refractivity contribution is 7.92. The molecule has 0 spiro atoms. The molecule has 0 radical (unpaired) electrons. The molecule has 1 atom stereocenters. The van der Waals surface area contributed by atoms with Crippen molar-refractivity contribution in [3.8, 4) is 0 Å². The van der Waals surface area contributed by atoms with Crippen molar-refractivity contribution in [3.05, 3.63) is 93.5 Å². The van der Waals surface area contributed by atoms with Crippen LogP contribution in [0.3, 0.4) is 0 Å². The van der Waals surface area contributed by atoms with Crippen molar-refractivity contribution in [2.75, 3.05) is 10.8 Å². The number of aryl methyl sites for hydroxylation is 2. The molecule has 0 saturated heterocycles. The first kappa shape index (κ1) is 31.5. The minimum Gasteiger partial charge on any atom is -0.352 e. The Kier molecular flexibility index (Phi) is 10.6. The van der Waals surface area contributed by atoms with E-state index in [0.717, 1.165) is 9.87 Å². The molecule has 0 aliphatic heterocycles. The van der Waals surface area contributed by atoms with Crippen LogP contribution in [0.25, 0.3) is 0 Å². The standard InChI is InChI=1S/C30H35Cl2N3O4S/c1-6-27(30(37)33-20(2)3)34(18-23-9-7-8-10-26(23)32)29(36)19-35(28-16-13-24(31)17-22(28)5)40(38,39)25-14-11-21(4)12-15-25/h7-17,20,27H,6,18-19H2,1-5H3,(H,33,37). The third-order valence-electron chi connectivity index (χ3n) is 6.43. The second-order valence-electron chi connectivity index (χ2n) is 9.96. The summed E-state index contributed by atoms with van der Waals surface area (Å²) in [6, 6.07) is 17.3. The van der Waals surface area contributed by atoms with E-state index in [1.807, 2.05) is 27.7 Å². The first-order valence-corrected chi connectivity index (χ1v) is 15.2. The van der Waals surface area contributed by atoms with E-state index in [2.05, 4.69) is 5.32 Å². The summed E-state index contributed by atoms with van der Waals surface area (Å²) < 4.78 is 29.1. The van der Waals surface area contributed by atoms with Crippen LogP contribution in [0, 0.1) is 13.8 Å². The number of rotatable bonds is 11. The molecular weight excluding hydrogens is 569 g/mol. The molecule has 0 aliphatic carbocycles. The molecule has 10 heteroatoms. The number of hydrogen-bond acceptors (Lipinski definition) is 4. The highest BCUT2D eigenvalue weighted by Gasteiger charge is 2.34. The van der Waals surface area contributed by atoms with Gasteiger partial charge >= 0.3 is 0 Å². The van der Waals surface area contributed by atoms with Gasteiger partial charge in [-0.15, -0.1) is 0 Å². The Morgan fingerprint density at radius 1 is 0.950 bits per heavy atom. The molecule has 3 aromatic rings. The van der Waals surface area contributed by atoms with Crippen LogP contribution < -0.4 is 9.62 Å². The fourth-order valence-electron chi connectivity index (χ4n) is 4.36. The Hall–Kier alpha value is -3.07. The van der Waals surface area contributed by atoms with Gasteiger partial charge in [0.15, 0.2) is 0 Å². The van der Waals surface area contributed by atoms with Crippen molar-refractivity contribution < 1.29 is 18.0 Å². The summed E-state index contributed by atoms with van der Waals surface area (Å²) in [5.74, 6) is -0.871. The molecule has 1 unspecified atom stereocenters. The van der Waals surface area contributed by atoms with Gasteiger partial charge in [-0.05, 0) is 81.6 Å². The maximum absolute atomic E-state index is 14.1. The van der Waals surface area contributed by atoms with Gasteiger partial charge in [-0.2, -0.15) is 0 Å². The molecule has 0 fully saturated rings. The predicted molar refractivity (Wildman–Crippen MR) is 161 cm³/mol. The van der Waals surface area contributed by atoms with Crippen molar-refractivity contribution in [3.63, 3.8) is 0 Å². The summed E-state index contributed by atoms with van der Waals surface area (Å²) in [5.41, 5.74) is 2.44. The first-order valence-electron chi connectivity index (χ1n) is 13.0. The molecule has 0 aliphatic rings. The summed E-state index contributed by atoms with van der Waals surface area (Å²) in [5, 5.41) is 3.76. The zero-order valence-corrected chi connectivity index (χ0v) is 25.6. The van der Waals surface area contributed by atoms with E-state index < -0.39 is 28.5 Å². The summed E-state index contributed by atoms with van der Waals surface area (Å²) in [4.78, 5) is 28.8. The van der Waals surface area contributed by atoms with Crippen LogP contribution in [-0.2, 0) is 26.2 Å². The first-order chi connectivity index (χ1) is 18.8. The van der Waals surface area contributed by atoms with E-state index in [0.29, 0.717) is 33.3 Å². The largest absolute Gasteiger partial charge is 0.352 e. The highest BCUT2D eigenvalue weighted by atomic mass is 35.5. The van der Waals surface area contributed by atoms with E-state index in [1.54, 1.807) is 61.5 Å². The molecule has 3 aromatic carbocycles. The zero-order valence-electron chi connectivity index (χ0n) is 23.3. The van der Waals surface area contributed by atoms with Crippen molar-refractivity contribution in [2.24, 2.45) is 0 Å². The topological polar surface area (TPSA) is 86.8 Å². The predicted octanol–water partition coefficient (Wildman–Crippen LogP) is 6.14. The molecule has 1 N–H and O–H groups in total. The van der Waals surface area contributed by atoms with Crippen LogP contribution in [0.4, 0.5) is 5.69 Å². The quantitative estimate of drug-likeness (QED) is 0.285. The molecule has 0 bridgehead atoms. The minimum absolute atomic E-state index is 0.0283. The van der Waals surface area contributed by atoms with Gasteiger partial charge in [-0.3, -0.25) is 13.9 Å². The van der Waals surface area contributed by atoms with E-state index in [9.17, 15) is 18.0 Å². The van der Waals surface area contributed by atoms with Gasteiger partial charge in [0.1, 0.15) is 12.6 Å². The number of halogens is 2. The van der Waals surface area contributed by atoms with Crippen LogP contribution in [0.1, 0.15) is 43.9 Å². The minimum atomic E-state index is -4.17. The molecule has 40 heavy (non-hydrogen) atoms. The number of benzene rings is 3. The summed E-state index contributed by atoms with van der Waals surface area (Å²) in [7, 11) is -4.17. The lowest BCUT2D eigenvalue weighted by Crippen LogP contribution is -2.53. The third kappa shape index (κ3) is 7.56. The van der Waals surface area contributed by atoms with Crippen molar-refractivity contribution in [1.29, 1.82) is 0 Å². The average Bonchev–Trinajstić information content (AvgIpc) is 2.88. The van der Waals surface area contributed by atoms with Crippen LogP contribution in [0.15, 0.2) is 71.6 Å². The van der Waals surface area contributed by atoms with Crippen LogP contribution in [0.5, 0.6) is 0 Å². The molecule has 3 rings (SSSR count). The smallest absolute Gasteiger partial charge is 0.264 e. The Labute approximate surface area is 247 Å². The molecule has 214 valence electrons. The lowest BCUT2D eigenvalue weighted by molar-refractivity contribution is -0.140. The molecule has 2 amide bonds. The van der Waals surface area contributed by atoms with Crippen LogP contribution in [-0.4, -0.2) is 43.8 Å². The number of nitrogens with one attached hydrogen (secondary N) is 1. The zero-order chi connectivity index (χ0) is 29.6. The van der Waals surface area contributed by atoms with Crippen LogP contribution in [0.2, 0.25) is 10.0 Å². The van der Waals surface area contributed by atoms with Crippen LogP contribution >= 0.6 is 23.2 Å². The van der Waals surface area contributed by atoms with Gasteiger partial charge < -0.3 is 10.2 Å². The Bertz CT molecular complexity index is 1460. The van der Waals surface area contributed by atoms with Gasteiger partial charge in [0.25, 0.3) is 10.0 Å². The fourth-order valence-corrected chi connectivity index (χ4v) is 6.26. The number of hydrogen-bond donors (Lipinski definition) is 1. The van der Waals surface area contributed by atoms with Crippen molar-refractivity contribution in [1.82, 2.24) is 10.2 Å². The summed E-state index contributed by atoms with van der Waals surface area (Å²) >= 11 is 12.6. The number of nitrogens with zero attached hydrogens (tertiary/aromatic N) is 2. The molecule has 0 heterocycles. The van der Waals surface area contributed by atoms with E-state index in [4.69, 9.17) is 23.2 Å². The number of carbonyl (C=O) groups excluding carboxylic acids is 2. The van der Waals surface area contributed by atoms with Crippen molar-refractivity contribution >= 4 is 50.7 Å². The maximum atomic E-state index is 14.1. The number of carbonyl (C=O) groups is 2. The summed E-state index contributed by atoms with van der Waals surface area (Å²) in [6.45, 7) is 8.57. The Morgan fingerprint density at radius 2 is 1.60 bits per heavy atom. The van der Waals surface area contributed by atoms with Gasteiger partial charge in [0.05, 0.1) is 10.6 Å². The summed E-state index contributed by atoms with van der Waals surface area (Å²) in [6.07, 6.45) is 0.319. The monoisotopic (exact) mass is 603 g/mol. The average molecular weight is 605 g/mol. The van der Waals surface area contributed by atoms with Gasteiger partial charge in [0.2, 0.25) is 11.8 Å². The lowest BCUT2D eigenvalue weighted by atomic mass is 10.1. The lowest BCUT2D eigenvalue weighted by Gasteiger charge is -2.34. The van der Waals surface area contributed by atoms with E-state index in [1.165, 1.54) is 17.0 Å². The number of amides is 2. The SMILES string of the molecule is CCC(C(=O)NC(C)C)N(Cc1ccccc1Cl)C(=O)CN(c1ccc(Cl)cc1C)S(=O)(=O)c1ccc(C)cc1. The third-order valence-corrected chi connectivity index (χ3v) is 8.81. The molecule has 0 saturated carbocycles. The normalized spacial score (nSPS) is 12.2. The van der Waals surface area contributed by atoms with Gasteiger partial charge in [0, 0.05) is 22.6 Å². The Balaban J connectivity index is 2.11. The van der Waals surface area contributed by atoms with E-state index in [-0.39, 0.29) is 23.4 Å². The maximum Gasteiger partial charge on any atom is 0.264 e. The Morgan fingerprint density at radius 3 is 2.17 bits per heavy atom. The van der Waals surface area contributed by atoms with E-state index >= 15 is 0 Å². The molecule has 7 nitrogen and oxygen atoms in total. The number of anilines is 1. The second-order valence-corrected chi connectivity index (χ2v) is 12.7. The van der Waals surface area contributed by atoms with Crippen molar-refractivity contribution in [2.45, 2.75) is 64.6 Å². The number of sulfonamides is 1. The van der Waals surface area contributed by atoms with Gasteiger partial charge in [-0.25, -0.2) is 8.42 Å². The van der Waals surface area contributed by atoms with Gasteiger partial charge in [-0.1, -0.05) is 66.0 Å². The molecular formula is C30H35Cl2N3O4S. The fraction of sp³-hybridized carbons (Fsp3) is 0.333.